The van der Waals surface area contributed by atoms with E-state index in [0.29, 0.717) is 12.0 Å². The van der Waals surface area contributed by atoms with Crippen LogP contribution in [0.15, 0.2) is 18.2 Å². The zero-order valence-corrected chi connectivity index (χ0v) is 13.5. The topological polar surface area (TPSA) is 29.3 Å². The lowest BCUT2D eigenvalue weighted by molar-refractivity contribution is 0.502. The molecule has 1 aromatic rings. The molecule has 0 saturated carbocycles. The molecule has 0 aromatic heterocycles. The molecule has 0 aliphatic heterocycles. The van der Waals surface area contributed by atoms with Crippen LogP contribution < -0.4 is 10.6 Å². The monoisotopic (exact) mass is 280 g/mol. The van der Waals surface area contributed by atoms with Crippen molar-refractivity contribution in [3.05, 3.63) is 29.6 Å². The number of hydrogen-bond donors (Lipinski definition) is 1. The third-order valence-corrected chi connectivity index (χ3v) is 3.90. The van der Waals surface area contributed by atoms with E-state index in [0.717, 1.165) is 30.5 Å². The van der Waals surface area contributed by atoms with Crippen molar-refractivity contribution >= 4 is 5.69 Å². The summed E-state index contributed by atoms with van der Waals surface area (Å²) in [5.74, 6) is 0.464. The van der Waals surface area contributed by atoms with Gasteiger partial charge in [-0.15, -0.1) is 0 Å². The van der Waals surface area contributed by atoms with Crippen LogP contribution >= 0.6 is 0 Å². The van der Waals surface area contributed by atoms with Crippen molar-refractivity contribution < 1.29 is 4.39 Å². The van der Waals surface area contributed by atoms with Crippen molar-refractivity contribution in [1.29, 1.82) is 0 Å². The predicted octanol–water partition coefficient (Wildman–Crippen LogP) is 3.98. The molecule has 0 aliphatic rings. The number of nitrogens with zero attached hydrogens (tertiary/aromatic N) is 1. The molecule has 0 amide bonds. The SMILES string of the molecule is CCC(N)Cc1cc(F)ccc1N(C)C(C)CC(C)C. The molecule has 20 heavy (non-hydrogen) atoms. The first-order valence-corrected chi connectivity index (χ1v) is 7.62. The average molecular weight is 280 g/mol. The van der Waals surface area contributed by atoms with Gasteiger partial charge in [-0.05, 0) is 55.9 Å². The number of rotatable bonds is 7. The number of halogens is 1. The Bertz CT molecular complexity index is 417. The zero-order chi connectivity index (χ0) is 15.3. The van der Waals surface area contributed by atoms with Gasteiger partial charge in [-0.3, -0.25) is 0 Å². The summed E-state index contributed by atoms with van der Waals surface area (Å²) < 4.78 is 13.5. The smallest absolute Gasteiger partial charge is 0.123 e. The van der Waals surface area contributed by atoms with Gasteiger partial charge in [0.1, 0.15) is 5.82 Å². The fourth-order valence-electron chi connectivity index (χ4n) is 2.57. The third kappa shape index (κ3) is 4.78. The second-order valence-corrected chi connectivity index (χ2v) is 6.23. The summed E-state index contributed by atoms with van der Waals surface area (Å²) in [5, 5.41) is 0. The van der Waals surface area contributed by atoms with E-state index in [9.17, 15) is 4.39 Å². The predicted molar refractivity (Wildman–Crippen MR) is 85.7 cm³/mol. The largest absolute Gasteiger partial charge is 0.372 e. The van der Waals surface area contributed by atoms with E-state index in [4.69, 9.17) is 5.73 Å². The van der Waals surface area contributed by atoms with E-state index >= 15 is 0 Å². The summed E-state index contributed by atoms with van der Waals surface area (Å²) in [6.07, 6.45) is 2.75. The van der Waals surface area contributed by atoms with Crippen LogP contribution in [0.2, 0.25) is 0 Å². The first kappa shape index (κ1) is 17.0. The van der Waals surface area contributed by atoms with Gasteiger partial charge in [0.05, 0.1) is 0 Å². The first-order chi connectivity index (χ1) is 9.35. The van der Waals surface area contributed by atoms with Gasteiger partial charge in [0.15, 0.2) is 0 Å². The molecule has 0 spiro atoms. The number of nitrogens with two attached hydrogens (primary N) is 1. The maximum atomic E-state index is 13.5. The molecular formula is C17H29FN2. The fourth-order valence-corrected chi connectivity index (χ4v) is 2.57. The Morgan fingerprint density at radius 2 is 1.90 bits per heavy atom. The van der Waals surface area contributed by atoms with Crippen LogP contribution in [0.4, 0.5) is 10.1 Å². The van der Waals surface area contributed by atoms with Crippen LogP contribution in [0.5, 0.6) is 0 Å². The molecule has 0 bridgehead atoms. The van der Waals surface area contributed by atoms with Crippen LogP contribution in [0.25, 0.3) is 0 Å². The molecule has 0 fully saturated rings. The summed E-state index contributed by atoms with van der Waals surface area (Å²) in [6.45, 7) is 8.73. The Labute approximate surface area is 123 Å². The molecule has 0 saturated heterocycles. The van der Waals surface area contributed by atoms with Crippen molar-refractivity contribution in [3.8, 4) is 0 Å². The molecule has 2 unspecified atom stereocenters. The van der Waals surface area contributed by atoms with Gasteiger partial charge >= 0.3 is 0 Å². The quantitative estimate of drug-likeness (QED) is 0.818. The van der Waals surface area contributed by atoms with Crippen molar-refractivity contribution in [2.45, 2.75) is 59.0 Å². The van der Waals surface area contributed by atoms with Crippen LogP contribution in [0, 0.1) is 11.7 Å². The van der Waals surface area contributed by atoms with E-state index in [1.165, 1.54) is 6.07 Å². The second kappa shape index (κ2) is 7.63. The molecule has 2 N–H and O–H groups in total. The second-order valence-electron chi connectivity index (χ2n) is 6.23. The molecule has 0 heterocycles. The lowest BCUT2D eigenvalue weighted by atomic mass is 9.99. The fraction of sp³-hybridized carbons (Fsp3) is 0.647. The van der Waals surface area contributed by atoms with Gasteiger partial charge in [-0.1, -0.05) is 20.8 Å². The van der Waals surface area contributed by atoms with Gasteiger partial charge in [0.2, 0.25) is 0 Å². The average Bonchev–Trinajstić information content (AvgIpc) is 2.37. The molecule has 2 nitrogen and oxygen atoms in total. The highest BCUT2D eigenvalue weighted by Gasteiger charge is 2.16. The molecule has 1 aromatic carbocycles. The highest BCUT2D eigenvalue weighted by molar-refractivity contribution is 5.54. The Morgan fingerprint density at radius 1 is 1.25 bits per heavy atom. The van der Waals surface area contributed by atoms with E-state index < -0.39 is 0 Å². The lowest BCUT2D eigenvalue weighted by Gasteiger charge is -2.30. The summed E-state index contributed by atoms with van der Waals surface area (Å²) >= 11 is 0. The normalized spacial score (nSPS) is 14.4. The third-order valence-electron chi connectivity index (χ3n) is 3.90. The summed E-state index contributed by atoms with van der Waals surface area (Å²) in [6, 6.07) is 5.56. The minimum Gasteiger partial charge on any atom is -0.372 e. The van der Waals surface area contributed by atoms with Crippen molar-refractivity contribution in [2.24, 2.45) is 11.7 Å². The van der Waals surface area contributed by atoms with Gasteiger partial charge in [-0.25, -0.2) is 4.39 Å². The van der Waals surface area contributed by atoms with Gasteiger partial charge in [0, 0.05) is 24.8 Å². The Kier molecular flexibility index (Phi) is 6.47. The molecule has 2 atom stereocenters. The van der Waals surface area contributed by atoms with Crippen LogP contribution in [-0.2, 0) is 6.42 Å². The lowest BCUT2D eigenvalue weighted by Crippen LogP contribution is -2.32. The van der Waals surface area contributed by atoms with Gasteiger partial charge < -0.3 is 10.6 Å². The molecule has 114 valence electrons. The maximum absolute atomic E-state index is 13.5. The summed E-state index contributed by atoms with van der Waals surface area (Å²) in [5.41, 5.74) is 8.15. The summed E-state index contributed by atoms with van der Waals surface area (Å²) in [7, 11) is 2.08. The van der Waals surface area contributed by atoms with Gasteiger partial charge in [-0.2, -0.15) is 0 Å². The summed E-state index contributed by atoms with van der Waals surface area (Å²) in [4.78, 5) is 2.25. The number of benzene rings is 1. The zero-order valence-electron chi connectivity index (χ0n) is 13.5. The minimum atomic E-state index is -0.183. The Morgan fingerprint density at radius 3 is 2.45 bits per heavy atom. The number of anilines is 1. The standard InChI is InChI=1S/C17H29FN2/c1-6-16(19)11-14-10-15(18)7-8-17(14)20(5)13(4)9-12(2)3/h7-8,10,12-13,16H,6,9,11,19H2,1-5H3. The number of hydrogen-bond acceptors (Lipinski definition) is 2. The van der Waals surface area contributed by atoms with Crippen molar-refractivity contribution in [1.82, 2.24) is 0 Å². The van der Waals surface area contributed by atoms with E-state index in [1.54, 1.807) is 6.07 Å². The first-order valence-electron chi connectivity index (χ1n) is 7.62. The molecule has 3 heteroatoms. The highest BCUT2D eigenvalue weighted by Crippen LogP contribution is 2.25. The highest BCUT2D eigenvalue weighted by atomic mass is 19.1. The minimum absolute atomic E-state index is 0.0874. The van der Waals surface area contributed by atoms with Crippen molar-refractivity contribution in [3.63, 3.8) is 0 Å². The van der Waals surface area contributed by atoms with Crippen LogP contribution in [0.3, 0.4) is 0 Å². The Hall–Kier alpha value is -1.09. The molecular weight excluding hydrogens is 251 g/mol. The van der Waals surface area contributed by atoms with Crippen molar-refractivity contribution in [2.75, 3.05) is 11.9 Å². The maximum Gasteiger partial charge on any atom is 0.123 e. The van der Waals surface area contributed by atoms with Crippen LogP contribution in [0.1, 0.15) is 46.1 Å². The van der Waals surface area contributed by atoms with E-state index in [1.807, 2.05) is 6.07 Å². The molecule has 0 radical (unpaired) electrons. The van der Waals surface area contributed by atoms with Crippen LogP contribution in [-0.4, -0.2) is 19.1 Å². The van der Waals surface area contributed by atoms with E-state index in [2.05, 4.69) is 39.6 Å². The molecule has 0 aliphatic carbocycles. The Balaban J connectivity index is 2.97. The molecule has 1 rings (SSSR count). The van der Waals surface area contributed by atoms with E-state index in [-0.39, 0.29) is 11.9 Å². The van der Waals surface area contributed by atoms with Gasteiger partial charge in [0.25, 0.3) is 0 Å².